The van der Waals surface area contributed by atoms with Gasteiger partial charge in [-0.15, -0.1) is 0 Å². The molecule has 0 saturated heterocycles. The molecule has 1 unspecified atom stereocenters. The zero-order valence-electron chi connectivity index (χ0n) is 10.3. The number of H-pyrrole nitrogens is 1. The molecule has 0 bridgehead atoms. The molecule has 0 saturated carbocycles. The van der Waals surface area contributed by atoms with Crippen LogP contribution in [0.4, 0.5) is 0 Å². The van der Waals surface area contributed by atoms with E-state index in [0.717, 1.165) is 5.52 Å². The highest BCUT2D eigenvalue weighted by Crippen LogP contribution is 2.17. The highest BCUT2D eigenvalue weighted by atomic mass is 16.5. The van der Waals surface area contributed by atoms with Crippen molar-refractivity contribution in [2.45, 2.75) is 6.10 Å². The highest BCUT2D eigenvalue weighted by Gasteiger charge is 2.18. The van der Waals surface area contributed by atoms with E-state index in [2.05, 4.69) is 4.98 Å². The van der Waals surface area contributed by atoms with E-state index in [9.17, 15) is 9.90 Å². The Labute approximate surface area is 104 Å². The van der Waals surface area contributed by atoms with Crippen LogP contribution in [0, 0.1) is 0 Å². The Morgan fingerprint density at radius 3 is 3.11 bits per heavy atom. The standard InChI is InChI=1S/C12H16N2O4/c1-14(6-8(15)7-17-2)12(16)10-5-11-9(13-10)3-4-18-11/h3-5,8,13,15H,6-7H2,1-2H3. The van der Waals surface area contributed by atoms with Crippen LogP contribution in [0.25, 0.3) is 11.1 Å². The molecule has 2 aromatic heterocycles. The number of hydrogen-bond donors (Lipinski definition) is 2. The summed E-state index contributed by atoms with van der Waals surface area (Å²) >= 11 is 0. The van der Waals surface area contributed by atoms with Crippen LogP contribution in [0.5, 0.6) is 0 Å². The molecule has 1 atom stereocenters. The number of furan rings is 1. The van der Waals surface area contributed by atoms with E-state index in [1.165, 1.54) is 12.0 Å². The Morgan fingerprint density at radius 1 is 1.67 bits per heavy atom. The fourth-order valence-corrected chi connectivity index (χ4v) is 1.81. The summed E-state index contributed by atoms with van der Waals surface area (Å²) < 4.78 is 9.99. The van der Waals surface area contributed by atoms with Gasteiger partial charge in [-0.05, 0) is 0 Å². The molecule has 0 radical (unpaired) electrons. The largest absolute Gasteiger partial charge is 0.463 e. The zero-order chi connectivity index (χ0) is 13.1. The van der Waals surface area contributed by atoms with E-state index in [0.29, 0.717) is 11.3 Å². The number of aliphatic hydroxyl groups is 1. The number of hydrogen-bond acceptors (Lipinski definition) is 4. The number of rotatable bonds is 5. The molecule has 98 valence electrons. The summed E-state index contributed by atoms with van der Waals surface area (Å²) in [5, 5.41) is 9.57. The Morgan fingerprint density at radius 2 is 2.44 bits per heavy atom. The van der Waals surface area contributed by atoms with Gasteiger partial charge in [0, 0.05) is 32.8 Å². The maximum atomic E-state index is 12.1. The quantitative estimate of drug-likeness (QED) is 0.826. The third-order valence-electron chi connectivity index (χ3n) is 2.66. The van der Waals surface area contributed by atoms with Crippen molar-refractivity contribution in [3.8, 4) is 0 Å². The van der Waals surface area contributed by atoms with Crippen LogP contribution in [0.3, 0.4) is 0 Å². The van der Waals surface area contributed by atoms with Crippen molar-refractivity contribution in [2.75, 3.05) is 27.3 Å². The predicted molar refractivity (Wildman–Crippen MR) is 65.4 cm³/mol. The molecule has 2 aromatic rings. The van der Waals surface area contributed by atoms with E-state index >= 15 is 0 Å². The second kappa shape index (κ2) is 5.24. The van der Waals surface area contributed by atoms with E-state index in [1.54, 1.807) is 25.4 Å². The molecular weight excluding hydrogens is 236 g/mol. The lowest BCUT2D eigenvalue weighted by Crippen LogP contribution is -2.36. The summed E-state index contributed by atoms with van der Waals surface area (Å²) in [7, 11) is 3.13. The minimum absolute atomic E-state index is 0.198. The van der Waals surface area contributed by atoms with Gasteiger partial charge < -0.3 is 24.1 Å². The van der Waals surface area contributed by atoms with E-state index in [-0.39, 0.29) is 19.1 Å². The number of fused-ring (bicyclic) bond motifs is 1. The zero-order valence-corrected chi connectivity index (χ0v) is 10.3. The molecule has 18 heavy (non-hydrogen) atoms. The molecule has 2 heterocycles. The van der Waals surface area contributed by atoms with Gasteiger partial charge in [0.25, 0.3) is 5.91 Å². The van der Waals surface area contributed by atoms with Crippen molar-refractivity contribution in [1.82, 2.24) is 9.88 Å². The lowest BCUT2D eigenvalue weighted by atomic mass is 10.3. The second-order valence-corrected chi connectivity index (χ2v) is 4.18. The van der Waals surface area contributed by atoms with Crippen molar-refractivity contribution in [3.05, 3.63) is 24.1 Å². The summed E-state index contributed by atoms with van der Waals surface area (Å²) in [4.78, 5) is 16.5. The van der Waals surface area contributed by atoms with Crippen LogP contribution < -0.4 is 0 Å². The van der Waals surface area contributed by atoms with Gasteiger partial charge in [0.2, 0.25) is 0 Å². The summed E-state index contributed by atoms with van der Waals surface area (Å²) in [5.74, 6) is -0.198. The minimum Gasteiger partial charge on any atom is -0.463 e. The first-order valence-corrected chi connectivity index (χ1v) is 5.60. The number of amides is 1. The number of likely N-dealkylation sites (N-methyl/N-ethyl adjacent to an activating group) is 1. The molecule has 1 amide bonds. The Balaban J connectivity index is 2.04. The first kappa shape index (κ1) is 12.7. The number of ether oxygens (including phenoxy) is 1. The monoisotopic (exact) mass is 252 g/mol. The third kappa shape index (κ3) is 2.55. The third-order valence-corrected chi connectivity index (χ3v) is 2.66. The predicted octanol–water partition coefficient (Wildman–Crippen LogP) is 0.840. The molecule has 0 fully saturated rings. The van der Waals surface area contributed by atoms with Crippen LogP contribution in [0.1, 0.15) is 10.5 Å². The number of carbonyl (C=O) groups is 1. The molecule has 0 spiro atoms. The van der Waals surface area contributed by atoms with E-state index in [1.807, 2.05) is 0 Å². The average Bonchev–Trinajstić information content (AvgIpc) is 2.87. The van der Waals surface area contributed by atoms with Gasteiger partial charge >= 0.3 is 0 Å². The van der Waals surface area contributed by atoms with Crippen LogP contribution in [-0.2, 0) is 4.74 Å². The van der Waals surface area contributed by atoms with Gasteiger partial charge in [-0.1, -0.05) is 0 Å². The fourth-order valence-electron chi connectivity index (χ4n) is 1.81. The topological polar surface area (TPSA) is 78.7 Å². The molecule has 0 aliphatic rings. The number of aromatic amines is 1. The van der Waals surface area contributed by atoms with Crippen LogP contribution >= 0.6 is 0 Å². The van der Waals surface area contributed by atoms with Crippen molar-refractivity contribution in [2.24, 2.45) is 0 Å². The Bertz CT molecular complexity index is 502. The van der Waals surface area contributed by atoms with E-state index < -0.39 is 6.10 Å². The second-order valence-electron chi connectivity index (χ2n) is 4.18. The minimum atomic E-state index is -0.693. The van der Waals surface area contributed by atoms with Crippen molar-refractivity contribution < 1.29 is 19.1 Å². The molecule has 0 aromatic carbocycles. The molecule has 6 heteroatoms. The Hall–Kier alpha value is -1.79. The van der Waals surface area contributed by atoms with Gasteiger partial charge in [-0.2, -0.15) is 0 Å². The fraction of sp³-hybridized carbons (Fsp3) is 0.417. The van der Waals surface area contributed by atoms with Crippen molar-refractivity contribution >= 4 is 17.0 Å². The summed E-state index contributed by atoms with van der Waals surface area (Å²) in [6.45, 7) is 0.414. The number of aliphatic hydroxyl groups excluding tert-OH is 1. The first-order valence-electron chi connectivity index (χ1n) is 5.60. The number of aromatic nitrogens is 1. The lowest BCUT2D eigenvalue weighted by molar-refractivity contribution is 0.0378. The molecule has 6 nitrogen and oxygen atoms in total. The highest BCUT2D eigenvalue weighted by molar-refractivity contribution is 5.96. The van der Waals surface area contributed by atoms with Gasteiger partial charge in [-0.25, -0.2) is 0 Å². The maximum absolute atomic E-state index is 12.1. The number of carbonyl (C=O) groups excluding carboxylic acids is 1. The first-order chi connectivity index (χ1) is 8.61. The number of methoxy groups -OCH3 is 1. The van der Waals surface area contributed by atoms with E-state index in [4.69, 9.17) is 9.15 Å². The van der Waals surface area contributed by atoms with Crippen molar-refractivity contribution in [3.63, 3.8) is 0 Å². The smallest absolute Gasteiger partial charge is 0.270 e. The summed E-state index contributed by atoms with van der Waals surface area (Å²) in [6, 6.07) is 3.41. The van der Waals surface area contributed by atoms with Crippen LogP contribution in [-0.4, -0.2) is 54.3 Å². The number of nitrogens with one attached hydrogen (secondary N) is 1. The Kier molecular flexibility index (Phi) is 3.69. The van der Waals surface area contributed by atoms with Gasteiger partial charge in [0.05, 0.1) is 24.5 Å². The summed E-state index contributed by atoms with van der Waals surface area (Å²) in [6.07, 6.45) is 0.864. The molecule has 2 N–H and O–H groups in total. The summed E-state index contributed by atoms with van der Waals surface area (Å²) in [5.41, 5.74) is 1.87. The van der Waals surface area contributed by atoms with Crippen molar-refractivity contribution in [1.29, 1.82) is 0 Å². The van der Waals surface area contributed by atoms with Crippen LogP contribution in [0.15, 0.2) is 22.8 Å². The van der Waals surface area contributed by atoms with Gasteiger partial charge in [-0.3, -0.25) is 4.79 Å². The lowest BCUT2D eigenvalue weighted by Gasteiger charge is -2.19. The molecule has 2 rings (SSSR count). The van der Waals surface area contributed by atoms with Gasteiger partial charge in [0.15, 0.2) is 5.58 Å². The SMILES string of the molecule is COCC(O)CN(C)C(=O)c1cc2occc2[nH]1. The van der Waals surface area contributed by atoms with Crippen LogP contribution in [0.2, 0.25) is 0 Å². The molecular formula is C12H16N2O4. The normalized spacial score (nSPS) is 12.8. The molecule has 0 aliphatic carbocycles. The number of nitrogens with zero attached hydrogens (tertiary/aromatic N) is 1. The average molecular weight is 252 g/mol. The molecule has 0 aliphatic heterocycles. The maximum Gasteiger partial charge on any atom is 0.270 e. The van der Waals surface area contributed by atoms with Gasteiger partial charge in [0.1, 0.15) is 5.69 Å².